The monoisotopic (exact) mass is 396 g/mol. The van der Waals surface area contributed by atoms with Gasteiger partial charge in [0.25, 0.3) is 5.41 Å². The highest BCUT2D eigenvalue weighted by atomic mass is 28.4. The van der Waals surface area contributed by atoms with E-state index in [1.54, 1.807) is 21.3 Å². The topological polar surface area (TPSA) is 77.1 Å². The predicted molar refractivity (Wildman–Crippen MR) is 98.0 cm³/mol. The van der Waals surface area contributed by atoms with Crippen LogP contribution in [0.4, 0.5) is 0 Å². The molecular formula is C17H36O8Si. The Bertz CT molecular complexity index is 371. The van der Waals surface area contributed by atoms with E-state index in [1.807, 2.05) is 6.92 Å². The molecule has 0 spiro atoms. The third-order valence-electron chi connectivity index (χ3n) is 5.17. The summed E-state index contributed by atoms with van der Waals surface area (Å²) in [6.07, 6.45) is 3.35. The molecule has 2 atom stereocenters. The van der Waals surface area contributed by atoms with E-state index in [-0.39, 0.29) is 6.10 Å². The molecule has 0 aliphatic carbocycles. The van der Waals surface area contributed by atoms with Crippen molar-refractivity contribution in [1.82, 2.24) is 0 Å². The maximum absolute atomic E-state index is 5.98. The van der Waals surface area contributed by atoms with E-state index in [1.165, 1.54) is 21.3 Å². The Kier molecular flexibility index (Phi) is 10.2. The van der Waals surface area contributed by atoms with Gasteiger partial charge in [0, 0.05) is 49.3 Å². The van der Waals surface area contributed by atoms with Crippen molar-refractivity contribution < 1.29 is 37.0 Å². The Hall–Kier alpha value is -0.103. The Morgan fingerprint density at radius 1 is 0.923 bits per heavy atom. The van der Waals surface area contributed by atoms with Crippen LogP contribution in [0.25, 0.3) is 0 Å². The molecule has 1 rings (SSSR count). The first-order valence-electron chi connectivity index (χ1n) is 9.01. The summed E-state index contributed by atoms with van der Waals surface area (Å²) in [6.45, 7) is 4.18. The van der Waals surface area contributed by atoms with Crippen LogP contribution in [-0.2, 0) is 37.0 Å². The van der Waals surface area contributed by atoms with Crippen molar-refractivity contribution in [2.45, 2.75) is 49.7 Å². The molecule has 0 bridgehead atoms. The summed E-state index contributed by atoms with van der Waals surface area (Å²) in [5.74, 6) is 0. The van der Waals surface area contributed by atoms with Crippen LogP contribution in [0.15, 0.2) is 0 Å². The van der Waals surface area contributed by atoms with Gasteiger partial charge >= 0.3 is 8.80 Å². The van der Waals surface area contributed by atoms with Crippen LogP contribution in [0.1, 0.15) is 32.6 Å². The second-order valence-corrected chi connectivity index (χ2v) is 9.23. The summed E-state index contributed by atoms with van der Waals surface area (Å²) >= 11 is 0. The van der Waals surface area contributed by atoms with Gasteiger partial charge in [0.05, 0.1) is 13.2 Å². The Morgan fingerprint density at radius 3 is 1.88 bits per heavy atom. The minimum Gasteiger partial charge on any atom is -0.379 e. The first-order valence-corrected chi connectivity index (χ1v) is 10.7. The molecule has 1 aliphatic heterocycles. The fraction of sp³-hybridized carbons (Fsp3) is 1.00. The maximum atomic E-state index is 5.98. The van der Waals surface area contributed by atoms with Crippen LogP contribution in [0.2, 0.25) is 0 Å². The number of epoxide rings is 1. The second-order valence-electron chi connectivity index (χ2n) is 6.23. The number of methoxy groups -OCH3 is 3. The zero-order chi connectivity index (χ0) is 19.7. The van der Waals surface area contributed by atoms with Gasteiger partial charge in [-0.15, -0.1) is 0 Å². The summed E-state index contributed by atoms with van der Waals surface area (Å²) in [6, 6.07) is 0. The van der Waals surface area contributed by atoms with E-state index in [0.29, 0.717) is 26.1 Å². The Morgan fingerprint density at radius 2 is 1.50 bits per heavy atom. The molecule has 156 valence electrons. The molecular weight excluding hydrogens is 360 g/mol. The minimum absolute atomic E-state index is 0.287. The van der Waals surface area contributed by atoms with Gasteiger partial charge in [0.2, 0.25) is 0 Å². The van der Waals surface area contributed by atoms with Crippen molar-refractivity contribution in [3.05, 3.63) is 0 Å². The molecule has 26 heavy (non-hydrogen) atoms. The van der Waals surface area contributed by atoms with Gasteiger partial charge in [-0.2, -0.15) is 0 Å². The van der Waals surface area contributed by atoms with Crippen molar-refractivity contribution in [1.29, 1.82) is 0 Å². The SMILES string of the molecule is CCC(CCCCOCC1CO1)(OC)C(OC)(OC)[Si](OC)(OC)OC. The van der Waals surface area contributed by atoms with Crippen molar-refractivity contribution in [2.75, 3.05) is 62.5 Å². The number of hydrogen-bond acceptors (Lipinski definition) is 8. The average Bonchev–Trinajstić information content (AvgIpc) is 3.51. The van der Waals surface area contributed by atoms with Gasteiger partial charge in [0.1, 0.15) is 11.7 Å². The quantitative estimate of drug-likeness (QED) is 0.169. The number of rotatable bonds is 16. The van der Waals surface area contributed by atoms with Gasteiger partial charge < -0.3 is 37.0 Å². The lowest BCUT2D eigenvalue weighted by atomic mass is 9.92. The van der Waals surface area contributed by atoms with Crippen LogP contribution in [0.5, 0.6) is 0 Å². The molecule has 0 N–H and O–H groups in total. The second kappa shape index (κ2) is 11.0. The maximum Gasteiger partial charge on any atom is 0.566 e. The lowest BCUT2D eigenvalue weighted by Crippen LogP contribution is -2.76. The largest absolute Gasteiger partial charge is 0.566 e. The molecule has 1 fully saturated rings. The van der Waals surface area contributed by atoms with Crippen LogP contribution in [0.3, 0.4) is 0 Å². The zero-order valence-corrected chi connectivity index (χ0v) is 18.3. The third kappa shape index (κ3) is 4.65. The molecule has 0 radical (unpaired) electrons. The third-order valence-corrected chi connectivity index (χ3v) is 8.45. The van der Waals surface area contributed by atoms with E-state index in [2.05, 4.69) is 0 Å². The number of ether oxygens (including phenoxy) is 5. The zero-order valence-electron chi connectivity index (χ0n) is 17.3. The highest BCUT2D eigenvalue weighted by Crippen LogP contribution is 2.44. The van der Waals surface area contributed by atoms with Crippen molar-refractivity contribution in [2.24, 2.45) is 0 Å². The van der Waals surface area contributed by atoms with Crippen LogP contribution >= 0.6 is 0 Å². The molecule has 1 saturated heterocycles. The highest BCUT2D eigenvalue weighted by molar-refractivity contribution is 6.63. The lowest BCUT2D eigenvalue weighted by Gasteiger charge is -2.51. The van der Waals surface area contributed by atoms with Gasteiger partial charge in [-0.25, -0.2) is 0 Å². The van der Waals surface area contributed by atoms with Gasteiger partial charge in [0.15, 0.2) is 0 Å². The molecule has 8 nitrogen and oxygen atoms in total. The molecule has 1 heterocycles. The van der Waals surface area contributed by atoms with Crippen LogP contribution in [-0.4, -0.2) is 88.4 Å². The minimum atomic E-state index is -3.37. The fourth-order valence-electron chi connectivity index (χ4n) is 3.59. The molecule has 0 aromatic rings. The van der Waals surface area contributed by atoms with E-state index < -0.39 is 19.8 Å². The Balaban J connectivity index is 2.90. The van der Waals surface area contributed by atoms with E-state index in [0.717, 1.165) is 19.4 Å². The van der Waals surface area contributed by atoms with E-state index in [9.17, 15) is 0 Å². The van der Waals surface area contributed by atoms with Gasteiger partial charge in [-0.3, -0.25) is 0 Å². The molecule has 0 aromatic carbocycles. The standard InChI is InChI=1S/C17H36O8Si/c1-8-16(18-2,11-9-10-12-24-13-15-14-25-15)17(19-3,20-4)26(21-5,22-6)23-7/h15H,8-14H2,1-7H3. The molecule has 0 amide bonds. The highest BCUT2D eigenvalue weighted by Gasteiger charge is 2.72. The molecule has 2 unspecified atom stereocenters. The van der Waals surface area contributed by atoms with Crippen molar-refractivity contribution >= 4 is 8.80 Å². The molecule has 0 aromatic heterocycles. The summed E-state index contributed by atoms with van der Waals surface area (Å²) in [5.41, 5.74) is -2.10. The first kappa shape index (κ1) is 23.9. The van der Waals surface area contributed by atoms with Crippen molar-refractivity contribution in [3.63, 3.8) is 0 Å². The van der Waals surface area contributed by atoms with E-state index >= 15 is 0 Å². The van der Waals surface area contributed by atoms with Gasteiger partial charge in [-0.05, 0) is 25.7 Å². The summed E-state index contributed by atoms with van der Waals surface area (Å²) < 4.78 is 45.6. The number of hydrogen-bond donors (Lipinski definition) is 0. The summed E-state index contributed by atoms with van der Waals surface area (Å²) in [5, 5.41) is 0. The van der Waals surface area contributed by atoms with Gasteiger partial charge in [-0.1, -0.05) is 6.92 Å². The summed E-state index contributed by atoms with van der Waals surface area (Å²) in [4.78, 5) is 0. The molecule has 0 saturated carbocycles. The fourth-order valence-corrected chi connectivity index (χ4v) is 6.35. The number of unbranched alkanes of at least 4 members (excludes halogenated alkanes) is 1. The Labute approximate surface area is 158 Å². The lowest BCUT2D eigenvalue weighted by molar-refractivity contribution is -0.292. The average molecular weight is 397 g/mol. The summed E-state index contributed by atoms with van der Waals surface area (Å²) in [7, 11) is 6.01. The normalized spacial score (nSPS) is 20.2. The molecule has 1 aliphatic rings. The van der Waals surface area contributed by atoms with Crippen LogP contribution < -0.4 is 0 Å². The van der Waals surface area contributed by atoms with E-state index in [4.69, 9.17) is 37.0 Å². The van der Waals surface area contributed by atoms with Crippen molar-refractivity contribution in [3.8, 4) is 0 Å². The smallest absolute Gasteiger partial charge is 0.379 e. The predicted octanol–water partition coefficient (Wildman–Crippen LogP) is 1.77. The van der Waals surface area contributed by atoms with Crippen LogP contribution in [0, 0.1) is 0 Å². The first-order chi connectivity index (χ1) is 12.5. The molecule has 9 heteroatoms.